The maximum absolute atomic E-state index is 12.1. The van der Waals surface area contributed by atoms with E-state index < -0.39 is 5.60 Å². The van der Waals surface area contributed by atoms with Crippen molar-refractivity contribution in [3.63, 3.8) is 0 Å². The molecule has 0 radical (unpaired) electrons. The number of carbonyl (C=O) groups is 1. The second-order valence-electron chi connectivity index (χ2n) is 7.43. The number of hydrogen-bond donors (Lipinski definition) is 3. The van der Waals surface area contributed by atoms with E-state index in [4.69, 9.17) is 4.84 Å². The highest BCUT2D eigenvalue weighted by atomic mass is 16.7. The molecular formula is C16H27N3O3. The largest absolute Gasteiger partial charge is 0.384 e. The summed E-state index contributed by atoms with van der Waals surface area (Å²) in [4.78, 5) is 24.2. The summed E-state index contributed by atoms with van der Waals surface area (Å²) in [6.07, 6.45) is 6.29. The predicted octanol–water partition coefficient (Wildman–Crippen LogP) is 2.27. The average molecular weight is 309 g/mol. The van der Waals surface area contributed by atoms with Gasteiger partial charge in [0.15, 0.2) is 0 Å². The van der Waals surface area contributed by atoms with Crippen LogP contribution in [-0.2, 0) is 15.2 Å². The summed E-state index contributed by atoms with van der Waals surface area (Å²) in [7, 11) is 0. The summed E-state index contributed by atoms with van der Waals surface area (Å²) in [5, 5.41) is 10.7. The molecule has 3 N–H and O–H groups in total. The van der Waals surface area contributed by atoms with Crippen LogP contribution < -0.4 is 5.48 Å². The van der Waals surface area contributed by atoms with Gasteiger partial charge in [0.1, 0.15) is 5.60 Å². The summed E-state index contributed by atoms with van der Waals surface area (Å²) >= 11 is 0. The summed E-state index contributed by atoms with van der Waals surface area (Å²) in [6.45, 7) is 7.64. The van der Waals surface area contributed by atoms with Gasteiger partial charge in [0.2, 0.25) is 0 Å². The Morgan fingerprint density at radius 1 is 1.32 bits per heavy atom. The molecule has 2 rings (SSSR count). The van der Waals surface area contributed by atoms with Gasteiger partial charge in [-0.2, -0.15) is 0 Å². The summed E-state index contributed by atoms with van der Waals surface area (Å²) in [5.74, 6) is -0.175. The zero-order valence-electron chi connectivity index (χ0n) is 13.8. The van der Waals surface area contributed by atoms with Gasteiger partial charge in [0, 0.05) is 5.54 Å². The molecule has 0 saturated heterocycles. The number of carbonyl (C=O) groups excluding carboxylic acids is 1. The first kappa shape index (κ1) is 17.0. The van der Waals surface area contributed by atoms with Crippen molar-refractivity contribution in [3.8, 4) is 0 Å². The second kappa shape index (κ2) is 6.38. The van der Waals surface area contributed by atoms with Gasteiger partial charge < -0.3 is 14.9 Å². The van der Waals surface area contributed by atoms with Gasteiger partial charge in [-0.25, -0.2) is 4.98 Å². The zero-order valence-corrected chi connectivity index (χ0v) is 13.8. The number of aliphatic hydroxyl groups is 1. The number of aromatic nitrogens is 2. The van der Waals surface area contributed by atoms with Crippen molar-refractivity contribution in [2.75, 3.05) is 0 Å². The third-order valence-electron chi connectivity index (χ3n) is 4.36. The molecule has 6 heteroatoms. The normalized spacial score (nSPS) is 25.5. The molecule has 1 unspecified atom stereocenters. The lowest BCUT2D eigenvalue weighted by molar-refractivity contribution is -0.162. The SMILES string of the molecule is CC(C)(C)NOC(=O)C1CCC(C(C)(O)c2cnc[nH]2)CC1. The van der Waals surface area contributed by atoms with Gasteiger partial charge in [-0.15, -0.1) is 5.48 Å². The highest BCUT2D eigenvalue weighted by Gasteiger charge is 2.39. The van der Waals surface area contributed by atoms with Crippen molar-refractivity contribution < 1.29 is 14.7 Å². The number of hydrogen-bond acceptors (Lipinski definition) is 5. The number of nitrogens with zero attached hydrogens (tertiary/aromatic N) is 1. The Kier molecular flexibility index (Phi) is 4.92. The lowest BCUT2D eigenvalue weighted by Gasteiger charge is -2.36. The minimum Gasteiger partial charge on any atom is -0.384 e. The maximum Gasteiger partial charge on any atom is 0.327 e. The number of hydroxylamine groups is 1. The van der Waals surface area contributed by atoms with Gasteiger partial charge in [0.05, 0.1) is 24.1 Å². The standard InChI is InChI=1S/C16H27N3O3/c1-15(2,3)19-22-14(20)11-5-7-12(8-6-11)16(4,21)13-9-17-10-18-13/h9-12,19,21H,5-8H2,1-4H3,(H,17,18). The highest BCUT2D eigenvalue weighted by molar-refractivity contribution is 5.72. The van der Waals surface area contributed by atoms with Crippen LogP contribution in [-0.4, -0.2) is 26.6 Å². The molecule has 0 spiro atoms. The van der Waals surface area contributed by atoms with Crippen LogP contribution in [0.5, 0.6) is 0 Å². The van der Waals surface area contributed by atoms with Crippen molar-refractivity contribution in [3.05, 3.63) is 18.2 Å². The molecule has 124 valence electrons. The second-order valence-corrected chi connectivity index (χ2v) is 7.43. The molecule has 1 fully saturated rings. The van der Waals surface area contributed by atoms with Crippen molar-refractivity contribution in [2.45, 2.75) is 64.5 Å². The summed E-state index contributed by atoms with van der Waals surface area (Å²) in [5.41, 5.74) is 2.31. The molecule has 1 aromatic rings. The minimum atomic E-state index is -0.935. The van der Waals surface area contributed by atoms with E-state index in [1.54, 1.807) is 12.5 Å². The predicted molar refractivity (Wildman–Crippen MR) is 82.6 cm³/mol. The van der Waals surface area contributed by atoms with E-state index in [0.717, 1.165) is 31.4 Å². The summed E-state index contributed by atoms with van der Waals surface area (Å²) < 4.78 is 0. The molecular weight excluding hydrogens is 282 g/mol. The molecule has 0 aliphatic heterocycles. The number of nitrogens with one attached hydrogen (secondary N) is 2. The van der Waals surface area contributed by atoms with E-state index in [9.17, 15) is 9.90 Å². The first-order valence-corrected chi connectivity index (χ1v) is 7.89. The number of rotatable bonds is 4. The van der Waals surface area contributed by atoms with Crippen LogP contribution >= 0.6 is 0 Å². The fraction of sp³-hybridized carbons (Fsp3) is 0.750. The highest BCUT2D eigenvalue weighted by Crippen LogP contribution is 2.40. The fourth-order valence-corrected chi connectivity index (χ4v) is 2.93. The van der Waals surface area contributed by atoms with E-state index in [2.05, 4.69) is 15.4 Å². The van der Waals surface area contributed by atoms with Crippen LogP contribution in [0.2, 0.25) is 0 Å². The Morgan fingerprint density at radius 2 is 1.95 bits per heavy atom. The van der Waals surface area contributed by atoms with E-state index in [-0.39, 0.29) is 23.3 Å². The Labute approximate surface area is 131 Å². The topological polar surface area (TPSA) is 87.2 Å². The quantitative estimate of drug-likeness (QED) is 0.743. The van der Waals surface area contributed by atoms with Crippen LogP contribution in [0.4, 0.5) is 0 Å². The monoisotopic (exact) mass is 309 g/mol. The van der Waals surface area contributed by atoms with Crippen molar-refractivity contribution in [2.24, 2.45) is 11.8 Å². The van der Waals surface area contributed by atoms with E-state index >= 15 is 0 Å². The minimum absolute atomic E-state index is 0.0938. The van der Waals surface area contributed by atoms with E-state index in [1.807, 2.05) is 27.7 Å². The van der Waals surface area contributed by atoms with Crippen LogP contribution in [0.3, 0.4) is 0 Å². The van der Waals surface area contributed by atoms with Gasteiger partial charge in [-0.05, 0) is 59.3 Å². The third kappa shape index (κ3) is 4.08. The lowest BCUT2D eigenvalue weighted by Crippen LogP contribution is -2.41. The Bertz CT molecular complexity index is 483. The Hall–Kier alpha value is -1.40. The fourth-order valence-electron chi connectivity index (χ4n) is 2.93. The number of aromatic amines is 1. The first-order valence-electron chi connectivity index (χ1n) is 7.89. The molecule has 1 saturated carbocycles. The first-order chi connectivity index (χ1) is 10.2. The van der Waals surface area contributed by atoms with Crippen LogP contribution in [0.1, 0.15) is 59.1 Å². The van der Waals surface area contributed by atoms with Crippen LogP contribution in [0.15, 0.2) is 12.5 Å². The molecule has 1 aromatic heterocycles. The van der Waals surface area contributed by atoms with Gasteiger partial charge >= 0.3 is 5.97 Å². The molecule has 1 heterocycles. The lowest BCUT2D eigenvalue weighted by atomic mass is 9.73. The molecule has 0 aromatic carbocycles. The van der Waals surface area contributed by atoms with E-state index in [1.165, 1.54) is 0 Å². The van der Waals surface area contributed by atoms with E-state index in [0.29, 0.717) is 0 Å². The van der Waals surface area contributed by atoms with Crippen LogP contribution in [0, 0.1) is 11.8 Å². The van der Waals surface area contributed by atoms with Crippen LogP contribution in [0.25, 0.3) is 0 Å². The zero-order chi connectivity index (χ0) is 16.4. The average Bonchev–Trinajstić information content (AvgIpc) is 2.99. The number of imidazole rings is 1. The molecule has 22 heavy (non-hydrogen) atoms. The smallest absolute Gasteiger partial charge is 0.327 e. The summed E-state index contributed by atoms with van der Waals surface area (Å²) in [6, 6.07) is 0. The van der Waals surface area contributed by atoms with Crippen molar-refractivity contribution >= 4 is 5.97 Å². The van der Waals surface area contributed by atoms with Crippen molar-refractivity contribution in [1.29, 1.82) is 0 Å². The Morgan fingerprint density at radius 3 is 2.45 bits per heavy atom. The molecule has 1 aliphatic carbocycles. The van der Waals surface area contributed by atoms with Crippen molar-refractivity contribution in [1.82, 2.24) is 15.4 Å². The molecule has 1 aliphatic rings. The number of H-pyrrole nitrogens is 1. The molecule has 0 amide bonds. The van der Waals surface area contributed by atoms with Gasteiger partial charge in [0.25, 0.3) is 0 Å². The Balaban J connectivity index is 1.86. The molecule has 6 nitrogen and oxygen atoms in total. The van der Waals surface area contributed by atoms with Gasteiger partial charge in [-0.1, -0.05) is 0 Å². The molecule has 1 atom stereocenters. The maximum atomic E-state index is 12.1. The van der Waals surface area contributed by atoms with Gasteiger partial charge in [-0.3, -0.25) is 4.79 Å². The molecule has 0 bridgehead atoms. The third-order valence-corrected chi connectivity index (χ3v) is 4.36.